The van der Waals surface area contributed by atoms with Crippen molar-refractivity contribution >= 4 is 29.6 Å². The van der Waals surface area contributed by atoms with Gasteiger partial charge < -0.3 is 15.8 Å². The van der Waals surface area contributed by atoms with E-state index < -0.39 is 5.60 Å². The molecule has 0 aliphatic heterocycles. The third-order valence-electron chi connectivity index (χ3n) is 1.61. The van der Waals surface area contributed by atoms with Gasteiger partial charge in [-0.2, -0.15) is 23.5 Å². The van der Waals surface area contributed by atoms with Gasteiger partial charge in [-0.3, -0.25) is 0 Å². The van der Waals surface area contributed by atoms with Crippen LogP contribution in [0.1, 0.15) is 34.6 Å². The van der Waals surface area contributed by atoms with Crippen molar-refractivity contribution in [1.82, 2.24) is 5.32 Å². The van der Waals surface area contributed by atoms with Crippen LogP contribution in [0.25, 0.3) is 0 Å². The topological polar surface area (TPSA) is 64.3 Å². The second-order valence-electron chi connectivity index (χ2n) is 5.44. The fourth-order valence-corrected chi connectivity index (χ4v) is 2.17. The number of rotatable bonds is 5. The van der Waals surface area contributed by atoms with Gasteiger partial charge in [0, 0.05) is 23.6 Å². The summed E-state index contributed by atoms with van der Waals surface area (Å²) >= 11 is 3.48. The molecule has 0 aliphatic rings. The lowest BCUT2D eigenvalue weighted by Gasteiger charge is -2.21. The standard InChI is InChI=1S/C9H19NO2S.C4H11NS/c1-7(6-13-5)10-8(11)12-9(2,3)4;1-4(5)3-6-2/h7H,6H2,1-5H3,(H,10,11);4H,3,5H2,1-2H3/t7-;4-/m00/s1. The van der Waals surface area contributed by atoms with Crippen LogP contribution in [0.15, 0.2) is 0 Å². The van der Waals surface area contributed by atoms with Crippen LogP contribution >= 0.6 is 23.5 Å². The molecule has 0 heterocycles. The van der Waals surface area contributed by atoms with Crippen molar-refractivity contribution in [2.45, 2.75) is 52.3 Å². The molecule has 4 nitrogen and oxygen atoms in total. The van der Waals surface area contributed by atoms with E-state index in [1.807, 2.05) is 40.9 Å². The molecule has 0 radical (unpaired) electrons. The first-order chi connectivity index (χ1) is 8.62. The largest absolute Gasteiger partial charge is 0.444 e. The van der Waals surface area contributed by atoms with Gasteiger partial charge in [-0.05, 0) is 47.1 Å². The predicted molar refractivity (Wildman–Crippen MR) is 89.2 cm³/mol. The van der Waals surface area contributed by atoms with Crippen LogP contribution in [0.3, 0.4) is 0 Å². The number of nitrogens with one attached hydrogen (secondary N) is 1. The molecule has 0 aromatic rings. The van der Waals surface area contributed by atoms with E-state index in [1.165, 1.54) is 0 Å². The molecule has 0 bridgehead atoms. The van der Waals surface area contributed by atoms with E-state index in [0.29, 0.717) is 6.04 Å². The molecule has 0 spiro atoms. The molecule has 6 heteroatoms. The van der Waals surface area contributed by atoms with Crippen molar-refractivity contribution in [2.24, 2.45) is 5.73 Å². The van der Waals surface area contributed by atoms with Crippen LogP contribution in [-0.2, 0) is 4.74 Å². The zero-order chi connectivity index (χ0) is 15.5. The number of ether oxygens (including phenoxy) is 1. The van der Waals surface area contributed by atoms with Crippen molar-refractivity contribution in [3.63, 3.8) is 0 Å². The number of alkyl carbamates (subject to hydrolysis) is 1. The summed E-state index contributed by atoms with van der Waals surface area (Å²) in [6.07, 6.45) is 3.73. The number of carbonyl (C=O) groups is 1. The van der Waals surface area contributed by atoms with E-state index in [-0.39, 0.29) is 12.1 Å². The molecule has 0 aromatic heterocycles. The van der Waals surface area contributed by atoms with Gasteiger partial charge in [0.15, 0.2) is 0 Å². The van der Waals surface area contributed by atoms with Crippen molar-refractivity contribution < 1.29 is 9.53 Å². The molecule has 3 N–H and O–H groups in total. The fourth-order valence-electron chi connectivity index (χ4n) is 1.06. The molecule has 19 heavy (non-hydrogen) atoms. The molecule has 0 saturated heterocycles. The van der Waals surface area contributed by atoms with Gasteiger partial charge in [-0.1, -0.05) is 0 Å². The highest BCUT2D eigenvalue weighted by molar-refractivity contribution is 7.98. The van der Waals surface area contributed by atoms with Crippen LogP contribution in [0.5, 0.6) is 0 Å². The molecule has 116 valence electrons. The minimum Gasteiger partial charge on any atom is -0.444 e. The normalized spacial score (nSPS) is 13.9. The summed E-state index contributed by atoms with van der Waals surface area (Å²) in [5.74, 6) is 1.97. The predicted octanol–water partition coefficient (Wildman–Crippen LogP) is 2.96. The molecular formula is C13H30N2O2S2. The first kappa shape index (κ1) is 21.2. The molecule has 0 aliphatic carbocycles. The highest BCUT2D eigenvalue weighted by Crippen LogP contribution is 2.07. The van der Waals surface area contributed by atoms with Gasteiger partial charge in [0.05, 0.1) is 0 Å². The summed E-state index contributed by atoms with van der Waals surface area (Å²) in [6.45, 7) is 9.53. The number of thioether (sulfide) groups is 2. The van der Waals surface area contributed by atoms with Crippen LogP contribution in [0.2, 0.25) is 0 Å². The van der Waals surface area contributed by atoms with Gasteiger partial charge >= 0.3 is 6.09 Å². The first-order valence-corrected chi connectivity index (χ1v) is 9.14. The van der Waals surface area contributed by atoms with Gasteiger partial charge in [-0.15, -0.1) is 0 Å². The van der Waals surface area contributed by atoms with Gasteiger partial charge in [0.25, 0.3) is 0 Å². The molecular weight excluding hydrogens is 280 g/mol. The van der Waals surface area contributed by atoms with E-state index in [2.05, 4.69) is 11.6 Å². The quantitative estimate of drug-likeness (QED) is 0.817. The maximum absolute atomic E-state index is 11.2. The smallest absolute Gasteiger partial charge is 0.407 e. The maximum atomic E-state index is 11.2. The lowest BCUT2D eigenvalue weighted by Crippen LogP contribution is -2.38. The van der Waals surface area contributed by atoms with E-state index in [9.17, 15) is 4.79 Å². The first-order valence-electron chi connectivity index (χ1n) is 6.35. The summed E-state index contributed by atoms with van der Waals surface area (Å²) < 4.78 is 5.10. The van der Waals surface area contributed by atoms with Crippen molar-refractivity contribution in [1.29, 1.82) is 0 Å². The van der Waals surface area contributed by atoms with Gasteiger partial charge in [0.2, 0.25) is 0 Å². The highest BCUT2D eigenvalue weighted by atomic mass is 32.2. The Morgan fingerprint density at radius 1 is 1.21 bits per heavy atom. The summed E-state index contributed by atoms with van der Waals surface area (Å²) in [4.78, 5) is 11.2. The minimum absolute atomic E-state index is 0.157. The van der Waals surface area contributed by atoms with Crippen LogP contribution in [0, 0.1) is 0 Å². The third-order valence-corrected chi connectivity index (χ3v) is 3.30. The number of carbonyl (C=O) groups excluding carboxylic acids is 1. The molecule has 0 aromatic carbocycles. The minimum atomic E-state index is -0.414. The second-order valence-corrected chi connectivity index (χ2v) is 7.26. The van der Waals surface area contributed by atoms with Crippen molar-refractivity contribution in [3.05, 3.63) is 0 Å². The summed E-state index contributed by atoms with van der Waals surface area (Å²) in [7, 11) is 0. The Labute approximate surface area is 127 Å². The summed E-state index contributed by atoms with van der Waals surface area (Å²) in [5.41, 5.74) is 4.97. The van der Waals surface area contributed by atoms with E-state index in [1.54, 1.807) is 23.5 Å². The van der Waals surface area contributed by atoms with E-state index in [0.717, 1.165) is 11.5 Å². The number of amides is 1. The Morgan fingerprint density at radius 3 is 1.95 bits per heavy atom. The lowest BCUT2D eigenvalue weighted by atomic mass is 10.2. The highest BCUT2D eigenvalue weighted by Gasteiger charge is 2.17. The fraction of sp³-hybridized carbons (Fsp3) is 0.923. The van der Waals surface area contributed by atoms with Crippen LogP contribution in [0.4, 0.5) is 4.79 Å². The van der Waals surface area contributed by atoms with E-state index >= 15 is 0 Å². The molecule has 0 saturated carbocycles. The molecule has 1 amide bonds. The number of nitrogens with two attached hydrogens (primary N) is 1. The SMILES string of the molecule is CSC[C@H](C)N.CSC[C@H](C)NC(=O)OC(C)(C)C. The second kappa shape index (κ2) is 11.7. The molecule has 0 fully saturated rings. The maximum Gasteiger partial charge on any atom is 0.407 e. The Hall–Kier alpha value is -0.0700. The molecule has 0 rings (SSSR count). The zero-order valence-corrected chi connectivity index (χ0v) is 14.9. The Balaban J connectivity index is 0. The molecule has 0 unspecified atom stereocenters. The van der Waals surface area contributed by atoms with Crippen LogP contribution < -0.4 is 11.1 Å². The Bertz CT molecular complexity index is 231. The lowest BCUT2D eigenvalue weighted by molar-refractivity contribution is 0.0513. The average Bonchev–Trinajstić information content (AvgIpc) is 2.14. The zero-order valence-electron chi connectivity index (χ0n) is 13.3. The van der Waals surface area contributed by atoms with E-state index in [4.69, 9.17) is 10.5 Å². The summed E-state index contributed by atoms with van der Waals surface area (Å²) in [5, 5.41) is 2.76. The molecule has 2 atom stereocenters. The Kier molecular flexibility index (Phi) is 13.1. The van der Waals surface area contributed by atoms with Gasteiger partial charge in [0.1, 0.15) is 5.60 Å². The Morgan fingerprint density at radius 2 is 1.68 bits per heavy atom. The monoisotopic (exact) mass is 310 g/mol. The summed E-state index contributed by atoms with van der Waals surface area (Å²) in [6, 6.07) is 0.518. The number of hydrogen-bond donors (Lipinski definition) is 2. The van der Waals surface area contributed by atoms with Crippen LogP contribution in [-0.4, -0.2) is 47.8 Å². The third kappa shape index (κ3) is 20.4. The van der Waals surface area contributed by atoms with Gasteiger partial charge in [-0.25, -0.2) is 4.79 Å². The average molecular weight is 311 g/mol. The van der Waals surface area contributed by atoms with Crippen molar-refractivity contribution in [3.8, 4) is 0 Å². The number of hydrogen-bond acceptors (Lipinski definition) is 5. The van der Waals surface area contributed by atoms with Crippen molar-refractivity contribution in [2.75, 3.05) is 24.0 Å².